The highest BCUT2D eigenvalue weighted by Crippen LogP contribution is 2.34. The topological polar surface area (TPSA) is 427 Å². The average Bonchev–Trinajstić information content (AvgIpc) is 1.71. The van der Waals surface area contributed by atoms with Gasteiger partial charge in [0.15, 0.2) is 0 Å². The van der Waals surface area contributed by atoms with Crippen LogP contribution in [0, 0.1) is 0 Å². The fourth-order valence-corrected chi connectivity index (χ4v) is 18.1. The second-order valence-corrected chi connectivity index (χ2v) is 42.4. The number of aliphatic hydroxyl groups is 6. The molecule has 6 N–H and O–H groups in total. The van der Waals surface area contributed by atoms with Gasteiger partial charge in [-0.15, -0.1) is 0 Å². The molecule has 2 aliphatic heterocycles. The van der Waals surface area contributed by atoms with E-state index in [4.69, 9.17) is 29.9 Å². The normalized spacial score (nSPS) is 14.3. The smallest absolute Gasteiger partial charge is 0.0841 e. The Morgan fingerprint density at radius 2 is 0.304 bits per heavy atom. The molecule has 0 aromatic rings. The first-order valence-corrected chi connectivity index (χ1v) is 62.2. The van der Waals surface area contributed by atoms with Crippen LogP contribution in [0.25, 0.3) is 0 Å². The van der Waals surface area contributed by atoms with Crippen molar-refractivity contribution < 1.29 is 109 Å². The summed E-state index contributed by atoms with van der Waals surface area (Å²) in [4.78, 5) is 71.6. The van der Waals surface area contributed by atoms with Gasteiger partial charge in [0.25, 0.3) is 0 Å². The average molecular weight is 2100 g/mol. The first-order valence-electron chi connectivity index (χ1n) is 62.2. The Morgan fingerprint density at radius 1 is 0.182 bits per heavy atom. The van der Waals surface area contributed by atoms with Crippen LogP contribution in [0.2, 0.25) is 0 Å². The SMILES string of the molecule is CCCCCCCC/C=C/CCCCCCCC(=O)[O-].CCCCCCCC/C=C\CCCCCCCC(=O)[O-].CCCCCCCCC1OC1CCCCCCCC(=O)[O-].O=C([O-])CCCCCCC/C=C/CCCCCCCCO.O=C([O-])CCCCCCC/C=C\CCCCCCCCO.O=C([O-])CCCCCCCC(O)C(O)CCCCCCCCO.O=C([O-])CCCCCCCC1OC1CCCCCCCCO. The largest absolute Gasteiger partial charge is 0.550 e. The molecule has 0 aromatic heterocycles. The number of carboxylic acids is 7. The number of unbranched alkanes of at least 4 members (excludes halogenated alkanes) is 71. The van der Waals surface area contributed by atoms with Gasteiger partial charge in [-0.25, -0.2) is 0 Å². The first kappa shape index (κ1) is 151. The number of hydrogen-bond acceptors (Lipinski definition) is 22. The molecule has 2 rings (SSSR count). The molecule has 0 spiro atoms. The number of ether oxygens (including phenoxy) is 2. The molecule has 0 bridgehead atoms. The van der Waals surface area contributed by atoms with E-state index < -0.39 is 54.0 Å². The Balaban J connectivity index is -0.000000538. The number of epoxide rings is 2. The van der Waals surface area contributed by atoms with Crippen LogP contribution in [0.15, 0.2) is 48.6 Å². The Hall–Kier alpha value is -5.07. The van der Waals surface area contributed by atoms with E-state index in [2.05, 4.69) is 69.4 Å². The lowest BCUT2D eigenvalue weighted by atomic mass is 9.99. The first-order chi connectivity index (χ1) is 72.1. The van der Waals surface area contributed by atoms with E-state index in [1.807, 2.05) is 0 Å². The molecule has 22 heteroatoms. The minimum atomic E-state index is -0.989. The van der Waals surface area contributed by atoms with Crippen LogP contribution in [-0.2, 0) is 43.0 Å². The summed E-state index contributed by atoms with van der Waals surface area (Å²) in [6.45, 7) is 8.03. The summed E-state index contributed by atoms with van der Waals surface area (Å²) in [6.07, 6.45) is 125. The Bertz CT molecular complexity index is 2710. The number of aliphatic carboxylic acids is 7. The molecule has 0 aromatic carbocycles. The maximum atomic E-state index is 10.3. The number of carbonyl (C=O) groups is 7. The van der Waals surface area contributed by atoms with Crippen LogP contribution in [0.5, 0.6) is 0 Å². The standard InChI is InChI=1S/C18H36O5.C18H34O4.3C18H34O3.2C18H34O2/c19-15-11-7-2-1-4-8-12-16(20)17(21)13-9-5-3-6-10-14-18(22)23;19-15-11-7-2-1-4-8-12-16-17(22-16)13-9-5-3-6-10-14-18(20)21;1-2-3-4-5-7-10-13-16-17(21-16)14-11-8-6-9-12-15-18(19)20;2*19-17-15-13-11-9-7-5-3-1-2-4-6-8-10-12-14-16-18(20)21;2*1-2-3-4-5-6-7-8-9-10-11-12-13-14-15-16-17-18(19)20/h16-17,19-21H,1-15H2,(H,22,23);16-17,19H,1-15H2,(H,20,21);16-17H,2-15H2,1H3,(H,19,20);2*1-2,19H,3-17H2,(H,20,21);2*9-10H,2-8,11-17H2,1H3,(H,19,20)/p-7/b;;;2-1+;2-1-;10-9+;10-9-. The molecule has 2 heterocycles. The summed E-state index contributed by atoms with van der Waals surface area (Å²) >= 11 is 0. The van der Waals surface area contributed by atoms with Crippen LogP contribution >= 0.6 is 0 Å². The summed E-state index contributed by atoms with van der Waals surface area (Å²) in [5, 5.41) is 126. The molecule has 0 amide bonds. The van der Waals surface area contributed by atoms with Crippen LogP contribution < -0.4 is 35.7 Å². The monoisotopic (exact) mass is 2100 g/mol. The number of allylic oxidation sites excluding steroid dienone is 8. The molecule has 22 nitrogen and oxygen atoms in total. The van der Waals surface area contributed by atoms with Gasteiger partial charge in [0, 0.05) is 68.2 Å². The lowest BCUT2D eigenvalue weighted by molar-refractivity contribution is -0.307. The van der Waals surface area contributed by atoms with Gasteiger partial charge in [0.05, 0.1) is 36.6 Å². The van der Waals surface area contributed by atoms with E-state index in [0.717, 1.165) is 231 Å². The van der Waals surface area contributed by atoms with Gasteiger partial charge in [0.1, 0.15) is 0 Å². The quantitative estimate of drug-likeness (QED) is 0.0187. The van der Waals surface area contributed by atoms with Gasteiger partial charge in [-0.05, 0) is 257 Å². The Kier molecular flexibility index (Phi) is 135. The van der Waals surface area contributed by atoms with Crippen molar-refractivity contribution in [2.45, 2.75) is 687 Å². The fourth-order valence-electron chi connectivity index (χ4n) is 18.1. The van der Waals surface area contributed by atoms with Gasteiger partial charge in [-0.3, -0.25) is 0 Å². The van der Waals surface area contributed by atoms with Crippen molar-refractivity contribution in [3.05, 3.63) is 48.6 Å². The van der Waals surface area contributed by atoms with Crippen LogP contribution in [0.4, 0.5) is 0 Å². The molecule has 0 saturated carbocycles. The highest BCUT2D eigenvalue weighted by atomic mass is 16.6. The van der Waals surface area contributed by atoms with Gasteiger partial charge in [-0.2, -0.15) is 0 Å². The molecule has 148 heavy (non-hydrogen) atoms. The second kappa shape index (κ2) is 132. The maximum Gasteiger partial charge on any atom is 0.0841 e. The Labute approximate surface area is 907 Å². The minimum absolute atomic E-state index is 0.126. The van der Waals surface area contributed by atoms with Crippen molar-refractivity contribution in [1.82, 2.24) is 0 Å². The summed E-state index contributed by atoms with van der Waals surface area (Å²) in [6, 6.07) is 0. The summed E-state index contributed by atoms with van der Waals surface area (Å²) in [7, 11) is 0. The second-order valence-electron chi connectivity index (χ2n) is 42.4. The van der Waals surface area contributed by atoms with Crippen molar-refractivity contribution in [3.63, 3.8) is 0 Å². The summed E-state index contributed by atoms with van der Waals surface area (Å²) < 4.78 is 11.4. The van der Waals surface area contributed by atoms with E-state index >= 15 is 0 Å². The van der Waals surface area contributed by atoms with Crippen molar-refractivity contribution in [3.8, 4) is 0 Å². The zero-order chi connectivity index (χ0) is 110. The van der Waals surface area contributed by atoms with Gasteiger partial charge in [-0.1, -0.05) is 442 Å². The molecule has 0 radical (unpaired) electrons. The predicted molar refractivity (Wildman–Crippen MR) is 599 cm³/mol. The zero-order valence-electron chi connectivity index (χ0n) is 95.9. The fraction of sp³-hybridized carbons (Fsp3) is 0.881. The number of carboxylic acid groups (broad SMARTS) is 7. The number of carbonyl (C=O) groups excluding carboxylic acids is 7. The third kappa shape index (κ3) is 147. The summed E-state index contributed by atoms with van der Waals surface area (Å²) in [5.41, 5.74) is 0. The third-order valence-corrected chi connectivity index (χ3v) is 27.8. The van der Waals surface area contributed by atoms with E-state index in [9.17, 15) is 79.5 Å². The molecule has 0 aliphatic carbocycles. The van der Waals surface area contributed by atoms with Crippen LogP contribution in [-0.4, -0.2) is 135 Å². The molecule has 2 aliphatic rings. The van der Waals surface area contributed by atoms with Gasteiger partial charge in [0.2, 0.25) is 0 Å². The van der Waals surface area contributed by atoms with E-state index in [1.165, 1.54) is 334 Å². The van der Waals surface area contributed by atoms with E-state index in [1.54, 1.807) is 0 Å². The van der Waals surface area contributed by atoms with E-state index in [0.29, 0.717) is 63.5 Å². The van der Waals surface area contributed by atoms with Crippen molar-refractivity contribution in [2.24, 2.45) is 0 Å². The number of aliphatic hydroxyl groups excluding tert-OH is 6. The van der Waals surface area contributed by atoms with Crippen LogP contribution in [0.1, 0.15) is 650 Å². The minimum Gasteiger partial charge on any atom is -0.550 e. The lowest BCUT2D eigenvalue weighted by Crippen LogP contribution is -2.25. The van der Waals surface area contributed by atoms with Crippen molar-refractivity contribution >= 4 is 41.8 Å². The van der Waals surface area contributed by atoms with Crippen molar-refractivity contribution in [1.29, 1.82) is 0 Å². The van der Waals surface area contributed by atoms with Gasteiger partial charge < -0.3 is 109 Å². The molecule has 6 unspecified atom stereocenters. The molecule has 876 valence electrons. The number of hydrogen-bond donors (Lipinski definition) is 6. The zero-order valence-corrected chi connectivity index (χ0v) is 95.9. The maximum absolute atomic E-state index is 10.3. The van der Waals surface area contributed by atoms with E-state index in [-0.39, 0.29) is 51.6 Å². The summed E-state index contributed by atoms with van der Waals surface area (Å²) in [5.74, 6) is -6.51. The third-order valence-electron chi connectivity index (χ3n) is 27.8. The van der Waals surface area contributed by atoms with Crippen LogP contribution in [0.3, 0.4) is 0 Å². The highest BCUT2D eigenvalue weighted by Gasteiger charge is 2.38. The highest BCUT2D eigenvalue weighted by molar-refractivity contribution is 5.65. The molecular weight excluding hydrogens is 1870 g/mol. The molecule has 2 saturated heterocycles. The Morgan fingerprint density at radius 3 is 0.446 bits per heavy atom. The van der Waals surface area contributed by atoms with Crippen molar-refractivity contribution in [2.75, 3.05) is 26.4 Å². The molecule has 2 fully saturated rings. The van der Waals surface area contributed by atoms with Gasteiger partial charge >= 0.3 is 0 Å². The lowest BCUT2D eigenvalue weighted by Gasteiger charge is -2.17. The number of rotatable bonds is 110. The molecule has 6 atom stereocenters. The predicted octanol–water partition coefficient (Wildman–Crippen LogP) is 25.9. The molecular formula is C126H233O22-7.